The Labute approximate surface area is 158 Å². The summed E-state index contributed by atoms with van der Waals surface area (Å²) >= 11 is 0. The van der Waals surface area contributed by atoms with Gasteiger partial charge in [-0.2, -0.15) is 0 Å². The Bertz CT molecular complexity index is 644. The molecule has 0 aliphatic carbocycles. The Hall–Kier alpha value is -1.90. The SMILES string of the molecule is CCNC(=NCc1ccc(Oc2cccnc2)c(F)c1)NCC.I. The van der Waals surface area contributed by atoms with Crippen LogP contribution in [0.3, 0.4) is 0 Å². The molecule has 0 radical (unpaired) electrons. The van der Waals surface area contributed by atoms with Gasteiger partial charge in [0.15, 0.2) is 17.5 Å². The van der Waals surface area contributed by atoms with Crippen molar-refractivity contribution in [3.05, 3.63) is 54.1 Å². The molecule has 0 saturated heterocycles. The number of rotatable bonds is 6. The predicted octanol–water partition coefficient (Wildman–Crippen LogP) is 3.71. The third kappa shape index (κ3) is 6.31. The van der Waals surface area contributed by atoms with Gasteiger partial charge >= 0.3 is 0 Å². The summed E-state index contributed by atoms with van der Waals surface area (Å²) in [5.41, 5.74) is 0.773. The average Bonchev–Trinajstić information content (AvgIpc) is 2.56. The first-order chi connectivity index (χ1) is 11.2. The Morgan fingerprint density at radius 3 is 2.54 bits per heavy atom. The maximum atomic E-state index is 14.1. The van der Waals surface area contributed by atoms with E-state index in [0.717, 1.165) is 18.7 Å². The van der Waals surface area contributed by atoms with Gasteiger partial charge in [0, 0.05) is 19.3 Å². The normalized spacial score (nSPS) is 9.62. The number of pyridine rings is 1. The number of hydrogen-bond donors (Lipinski definition) is 2. The van der Waals surface area contributed by atoms with E-state index in [2.05, 4.69) is 20.6 Å². The number of nitrogens with one attached hydrogen (secondary N) is 2. The summed E-state index contributed by atoms with van der Waals surface area (Å²) in [7, 11) is 0. The molecule has 2 N–H and O–H groups in total. The molecular weight excluding hydrogens is 422 g/mol. The number of benzene rings is 1. The summed E-state index contributed by atoms with van der Waals surface area (Å²) in [5.74, 6) is 0.962. The van der Waals surface area contributed by atoms with E-state index in [1.54, 1.807) is 30.5 Å². The summed E-state index contributed by atoms with van der Waals surface area (Å²) in [6.07, 6.45) is 3.17. The van der Waals surface area contributed by atoms with Crippen LogP contribution in [0.15, 0.2) is 47.7 Å². The highest BCUT2D eigenvalue weighted by atomic mass is 127. The molecule has 0 atom stereocenters. The van der Waals surface area contributed by atoms with Crippen molar-refractivity contribution in [2.75, 3.05) is 13.1 Å². The highest BCUT2D eigenvalue weighted by molar-refractivity contribution is 14.0. The predicted molar refractivity (Wildman–Crippen MR) is 105 cm³/mol. The highest BCUT2D eigenvalue weighted by Crippen LogP contribution is 2.24. The Morgan fingerprint density at radius 1 is 1.21 bits per heavy atom. The molecule has 24 heavy (non-hydrogen) atoms. The van der Waals surface area contributed by atoms with Gasteiger partial charge in [-0.05, 0) is 43.7 Å². The summed E-state index contributed by atoms with van der Waals surface area (Å²) in [6.45, 7) is 5.93. The molecule has 1 heterocycles. The molecular formula is C17H22FIN4O. The molecule has 7 heteroatoms. The second-order valence-corrected chi connectivity index (χ2v) is 4.78. The Balaban J connectivity index is 0.00000288. The molecule has 0 amide bonds. The Kier molecular flexibility index (Phi) is 9.06. The Morgan fingerprint density at radius 2 is 1.96 bits per heavy atom. The fourth-order valence-electron chi connectivity index (χ4n) is 1.94. The van der Waals surface area contributed by atoms with Gasteiger partial charge in [0.25, 0.3) is 0 Å². The van der Waals surface area contributed by atoms with Gasteiger partial charge in [-0.3, -0.25) is 4.98 Å². The molecule has 0 fully saturated rings. The average molecular weight is 444 g/mol. The lowest BCUT2D eigenvalue weighted by Gasteiger charge is -2.10. The number of guanidine groups is 1. The van der Waals surface area contributed by atoms with Crippen molar-refractivity contribution >= 4 is 29.9 Å². The zero-order valence-corrected chi connectivity index (χ0v) is 16.1. The molecule has 5 nitrogen and oxygen atoms in total. The van der Waals surface area contributed by atoms with Crippen molar-refractivity contribution in [2.45, 2.75) is 20.4 Å². The second kappa shape index (κ2) is 10.8. The lowest BCUT2D eigenvalue weighted by Crippen LogP contribution is -2.36. The second-order valence-electron chi connectivity index (χ2n) is 4.78. The van der Waals surface area contributed by atoms with E-state index in [1.807, 2.05) is 13.8 Å². The van der Waals surface area contributed by atoms with Crippen LogP contribution >= 0.6 is 24.0 Å². The first-order valence-corrected chi connectivity index (χ1v) is 7.61. The first kappa shape index (κ1) is 20.1. The molecule has 1 aromatic carbocycles. The van der Waals surface area contributed by atoms with Gasteiger partial charge in [0.1, 0.15) is 5.75 Å². The van der Waals surface area contributed by atoms with Gasteiger partial charge in [-0.15, -0.1) is 24.0 Å². The number of hydrogen-bond acceptors (Lipinski definition) is 3. The van der Waals surface area contributed by atoms with Gasteiger partial charge in [0.05, 0.1) is 12.7 Å². The van der Waals surface area contributed by atoms with Crippen molar-refractivity contribution in [1.29, 1.82) is 0 Å². The molecule has 0 aliphatic rings. The van der Waals surface area contributed by atoms with E-state index < -0.39 is 5.82 Å². The maximum Gasteiger partial charge on any atom is 0.191 e. The van der Waals surface area contributed by atoms with E-state index in [9.17, 15) is 4.39 Å². The summed E-state index contributed by atoms with van der Waals surface area (Å²) in [6, 6.07) is 8.30. The molecule has 0 spiro atoms. The van der Waals surface area contributed by atoms with Crippen LogP contribution in [0.5, 0.6) is 11.5 Å². The van der Waals surface area contributed by atoms with Gasteiger partial charge in [-0.25, -0.2) is 9.38 Å². The van der Waals surface area contributed by atoms with E-state index in [4.69, 9.17) is 4.74 Å². The molecule has 1 aromatic heterocycles. The standard InChI is InChI=1S/C17H21FN4O.HI/c1-3-20-17(21-4-2)22-11-13-7-8-16(15(18)10-13)23-14-6-5-9-19-12-14;/h5-10,12H,3-4,11H2,1-2H3,(H2,20,21,22);1H. The minimum Gasteiger partial charge on any atom is -0.453 e. The summed E-state index contributed by atoms with van der Waals surface area (Å²) in [4.78, 5) is 8.34. The van der Waals surface area contributed by atoms with Crippen LogP contribution in [0.1, 0.15) is 19.4 Å². The van der Waals surface area contributed by atoms with Crippen LogP contribution in [0.2, 0.25) is 0 Å². The highest BCUT2D eigenvalue weighted by Gasteiger charge is 2.06. The molecule has 0 saturated carbocycles. The summed E-state index contributed by atoms with van der Waals surface area (Å²) < 4.78 is 19.6. The minimum atomic E-state index is -0.421. The minimum absolute atomic E-state index is 0. The van der Waals surface area contributed by atoms with Crippen molar-refractivity contribution in [3.8, 4) is 11.5 Å². The molecule has 2 rings (SSSR count). The lowest BCUT2D eigenvalue weighted by molar-refractivity contribution is 0.440. The fourth-order valence-corrected chi connectivity index (χ4v) is 1.94. The number of halogens is 2. The van der Waals surface area contributed by atoms with E-state index in [-0.39, 0.29) is 29.7 Å². The zero-order chi connectivity index (χ0) is 16.5. The first-order valence-electron chi connectivity index (χ1n) is 7.61. The van der Waals surface area contributed by atoms with E-state index in [1.165, 1.54) is 12.3 Å². The van der Waals surface area contributed by atoms with Gasteiger partial charge < -0.3 is 15.4 Å². The molecule has 130 valence electrons. The maximum absolute atomic E-state index is 14.1. The van der Waals surface area contributed by atoms with Crippen LogP contribution in [-0.2, 0) is 6.54 Å². The molecule has 2 aromatic rings. The number of nitrogens with zero attached hydrogens (tertiary/aromatic N) is 2. The monoisotopic (exact) mass is 444 g/mol. The summed E-state index contributed by atoms with van der Waals surface area (Å²) in [5, 5.41) is 6.25. The van der Waals surface area contributed by atoms with E-state index in [0.29, 0.717) is 18.3 Å². The van der Waals surface area contributed by atoms with Crippen molar-refractivity contribution in [3.63, 3.8) is 0 Å². The van der Waals surface area contributed by atoms with Crippen LogP contribution in [0.4, 0.5) is 4.39 Å². The number of aromatic nitrogens is 1. The number of aliphatic imine (C=N–C) groups is 1. The van der Waals surface area contributed by atoms with Crippen molar-refractivity contribution in [2.24, 2.45) is 4.99 Å². The van der Waals surface area contributed by atoms with Gasteiger partial charge in [-0.1, -0.05) is 6.07 Å². The van der Waals surface area contributed by atoms with Crippen molar-refractivity contribution in [1.82, 2.24) is 15.6 Å². The smallest absolute Gasteiger partial charge is 0.191 e. The van der Waals surface area contributed by atoms with E-state index >= 15 is 0 Å². The molecule has 0 bridgehead atoms. The third-order valence-electron chi connectivity index (χ3n) is 2.97. The quantitative estimate of drug-likeness (QED) is 0.405. The van der Waals surface area contributed by atoms with Crippen LogP contribution < -0.4 is 15.4 Å². The molecule has 0 unspecified atom stereocenters. The fraction of sp³-hybridized carbons (Fsp3) is 0.294. The van der Waals surface area contributed by atoms with Crippen LogP contribution in [-0.4, -0.2) is 24.0 Å². The van der Waals surface area contributed by atoms with Crippen molar-refractivity contribution < 1.29 is 9.13 Å². The van der Waals surface area contributed by atoms with Crippen LogP contribution in [0.25, 0.3) is 0 Å². The largest absolute Gasteiger partial charge is 0.453 e. The lowest BCUT2D eigenvalue weighted by atomic mass is 10.2. The number of ether oxygens (including phenoxy) is 1. The third-order valence-corrected chi connectivity index (χ3v) is 2.97. The molecule has 0 aliphatic heterocycles. The topological polar surface area (TPSA) is 58.5 Å². The van der Waals surface area contributed by atoms with Crippen LogP contribution in [0, 0.1) is 5.82 Å². The zero-order valence-electron chi connectivity index (χ0n) is 13.8. The van der Waals surface area contributed by atoms with Gasteiger partial charge in [0.2, 0.25) is 0 Å².